The Kier molecular flexibility index (Phi) is 4.44. The van der Waals surface area contributed by atoms with Gasteiger partial charge in [0.25, 0.3) is 12.7 Å². The molecule has 0 aliphatic rings. The number of ether oxygens (including phenoxy) is 2. The highest BCUT2D eigenvalue weighted by atomic mass is 16.6. The fourth-order valence-electron chi connectivity index (χ4n) is 1.09. The van der Waals surface area contributed by atoms with Gasteiger partial charge in [-0.1, -0.05) is 9.97 Å². The van der Waals surface area contributed by atoms with Gasteiger partial charge in [0, 0.05) is 12.2 Å². The van der Waals surface area contributed by atoms with Crippen molar-refractivity contribution in [3.8, 4) is 12.0 Å². The molecule has 12 heteroatoms. The van der Waals surface area contributed by atoms with Crippen LogP contribution in [-0.2, 0) is 9.59 Å². The van der Waals surface area contributed by atoms with E-state index in [1.807, 2.05) is 0 Å². The van der Waals surface area contributed by atoms with Crippen LogP contribution in [0.3, 0.4) is 0 Å². The topological polar surface area (TPSA) is 158 Å². The third-order valence-corrected chi connectivity index (χ3v) is 1.93. The summed E-state index contributed by atoms with van der Waals surface area (Å²) in [5, 5.41) is 22.2. The van der Waals surface area contributed by atoms with Crippen molar-refractivity contribution in [1.82, 2.24) is 19.9 Å². The van der Waals surface area contributed by atoms with Crippen LogP contribution in [0.2, 0.25) is 0 Å². The van der Waals surface area contributed by atoms with Crippen LogP contribution in [-0.4, -0.2) is 31.9 Å². The van der Waals surface area contributed by atoms with Gasteiger partial charge in [-0.15, -0.1) is 0 Å². The zero-order valence-corrected chi connectivity index (χ0v) is 10.6. The summed E-state index contributed by atoms with van der Waals surface area (Å²) in [6, 6.07) is -1.13. The van der Waals surface area contributed by atoms with Crippen LogP contribution in [0.5, 0.6) is 12.0 Å². The Balaban J connectivity index is 1.94. The molecule has 0 N–H and O–H groups in total. The van der Waals surface area contributed by atoms with E-state index >= 15 is 0 Å². The molecule has 0 atom stereocenters. The molecule has 0 amide bonds. The smallest absolute Gasteiger partial charge is 0.445 e. The minimum absolute atomic E-state index is 0.116. The molecule has 0 saturated carbocycles. The third kappa shape index (κ3) is 3.89. The zero-order valence-electron chi connectivity index (χ0n) is 10.6. The molecule has 0 saturated heterocycles. The summed E-state index contributed by atoms with van der Waals surface area (Å²) < 4.78 is 9.32. The molecule has 22 heavy (non-hydrogen) atoms. The second-order valence-electron chi connectivity index (χ2n) is 3.41. The van der Waals surface area contributed by atoms with Gasteiger partial charge in [-0.05, 0) is 9.97 Å². The van der Waals surface area contributed by atoms with Crippen molar-refractivity contribution in [3.05, 3.63) is 47.9 Å². The average molecular weight is 306 g/mol. The van der Waals surface area contributed by atoms with E-state index in [2.05, 4.69) is 29.4 Å². The molecule has 2 aromatic rings. The van der Waals surface area contributed by atoms with Gasteiger partial charge in [-0.2, -0.15) is 0 Å². The molecule has 0 aliphatic carbocycles. The van der Waals surface area contributed by atoms with Crippen LogP contribution in [0.4, 0.5) is 0 Å². The molecule has 0 unspecified atom stereocenters. The molecule has 0 aliphatic heterocycles. The standard InChI is InChI=1S/C10H6N6O6/c17-7(21-9-13-3-11-5-15(9)19)1-2-8(18)22-10-14-4-12-6-16(10)20/h1-6H/b2-1+. The van der Waals surface area contributed by atoms with Gasteiger partial charge in [0.2, 0.25) is 12.7 Å². The molecule has 2 aromatic heterocycles. The predicted molar refractivity (Wildman–Crippen MR) is 62.4 cm³/mol. The molecule has 0 radical (unpaired) electrons. The summed E-state index contributed by atoms with van der Waals surface area (Å²) in [6.45, 7) is 0. The summed E-state index contributed by atoms with van der Waals surface area (Å²) in [5.74, 6) is -2.11. The number of hydrogen-bond donors (Lipinski definition) is 0. The summed E-state index contributed by atoms with van der Waals surface area (Å²) in [5.41, 5.74) is 0. The normalized spacial score (nSPS) is 10.4. The van der Waals surface area contributed by atoms with E-state index in [1.165, 1.54) is 0 Å². The van der Waals surface area contributed by atoms with Gasteiger partial charge in [-0.25, -0.2) is 19.0 Å². The Bertz CT molecular complexity index is 674. The van der Waals surface area contributed by atoms with Gasteiger partial charge in [-0.3, -0.25) is 0 Å². The van der Waals surface area contributed by atoms with Crippen LogP contribution in [0.15, 0.2) is 37.5 Å². The van der Waals surface area contributed by atoms with Gasteiger partial charge < -0.3 is 19.9 Å². The number of carbonyl (C=O) groups excluding carboxylic acids is 2. The lowest BCUT2D eigenvalue weighted by atomic mass is 10.5. The minimum Gasteiger partial charge on any atom is -0.738 e. The molecular weight excluding hydrogens is 300 g/mol. The molecule has 2 rings (SSSR count). The Hall–Kier alpha value is -3.70. The van der Waals surface area contributed by atoms with Gasteiger partial charge >= 0.3 is 24.0 Å². The molecule has 0 bridgehead atoms. The Labute approximate surface area is 121 Å². The van der Waals surface area contributed by atoms with Crippen molar-refractivity contribution in [2.24, 2.45) is 0 Å². The fourth-order valence-corrected chi connectivity index (χ4v) is 1.09. The minimum atomic E-state index is -1.06. The fraction of sp³-hybridized carbons (Fsp3) is 0. The summed E-state index contributed by atoms with van der Waals surface area (Å²) in [6.07, 6.45) is 5.02. The first-order valence-corrected chi connectivity index (χ1v) is 5.46. The molecule has 2 heterocycles. The maximum atomic E-state index is 11.4. The Morgan fingerprint density at radius 3 is 1.68 bits per heavy atom. The highest BCUT2D eigenvalue weighted by Gasteiger charge is 2.12. The quantitative estimate of drug-likeness (QED) is 0.258. The molecule has 0 aromatic carbocycles. The van der Waals surface area contributed by atoms with Crippen molar-refractivity contribution in [2.75, 3.05) is 0 Å². The van der Waals surface area contributed by atoms with Gasteiger partial charge in [0.05, 0.1) is 0 Å². The lowest BCUT2D eigenvalue weighted by Crippen LogP contribution is -2.32. The van der Waals surface area contributed by atoms with E-state index in [9.17, 15) is 20.0 Å². The Morgan fingerprint density at radius 1 is 0.909 bits per heavy atom. The van der Waals surface area contributed by atoms with E-state index in [0.29, 0.717) is 12.2 Å². The number of nitrogens with zero attached hydrogens (tertiary/aromatic N) is 6. The molecule has 0 spiro atoms. The molecule has 0 fully saturated rings. The third-order valence-electron chi connectivity index (χ3n) is 1.93. The number of aromatic nitrogens is 6. The first kappa shape index (κ1) is 14.7. The second kappa shape index (κ2) is 6.65. The summed E-state index contributed by atoms with van der Waals surface area (Å²) in [4.78, 5) is 36.3. The second-order valence-corrected chi connectivity index (χ2v) is 3.41. The van der Waals surface area contributed by atoms with Crippen LogP contribution < -0.4 is 18.9 Å². The largest absolute Gasteiger partial charge is 0.738 e. The van der Waals surface area contributed by atoms with E-state index in [1.54, 1.807) is 0 Å². The number of esters is 2. The highest BCUT2D eigenvalue weighted by molar-refractivity contribution is 5.92. The van der Waals surface area contributed by atoms with Crippen LogP contribution >= 0.6 is 0 Å². The Morgan fingerprint density at radius 2 is 1.32 bits per heavy atom. The van der Waals surface area contributed by atoms with E-state index < -0.39 is 24.0 Å². The van der Waals surface area contributed by atoms with Crippen molar-refractivity contribution in [3.63, 3.8) is 0 Å². The first-order valence-electron chi connectivity index (χ1n) is 5.46. The predicted octanol–water partition coefficient (Wildman–Crippen LogP) is -2.40. The van der Waals surface area contributed by atoms with Crippen LogP contribution in [0, 0.1) is 10.4 Å². The highest BCUT2D eigenvalue weighted by Crippen LogP contribution is 1.97. The maximum absolute atomic E-state index is 11.4. The molecule has 112 valence electrons. The monoisotopic (exact) mass is 306 g/mol. The van der Waals surface area contributed by atoms with Crippen molar-refractivity contribution < 1.29 is 28.5 Å². The first-order chi connectivity index (χ1) is 10.6. The van der Waals surface area contributed by atoms with Crippen molar-refractivity contribution >= 4 is 11.9 Å². The lowest BCUT2D eigenvalue weighted by molar-refractivity contribution is -0.618. The van der Waals surface area contributed by atoms with Crippen molar-refractivity contribution in [1.29, 1.82) is 0 Å². The van der Waals surface area contributed by atoms with Gasteiger partial charge in [0.15, 0.2) is 0 Å². The average Bonchev–Trinajstić information content (AvgIpc) is 2.50. The van der Waals surface area contributed by atoms with Crippen molar-refractivity contribution in [2.45, 2.75) is 0 Å². The molecule has 12 nitrogen and oxygen atoms in total. The number of carbonyl (C=O) groups is 2. The lowest BCUT2D eigenvalue weighted by Gasteiger charge is -2.04. The van der Waals surface area contributed by atoms with E-state index in [4.69, 9.17) is 0 Å². The molecular formula is C10H6N6O6. The zero-order chi connectivity index (χ0) is 15.9. The van der Waals surface area contributed by atoms with Crippen LogP contribution in [0.1, 0.15) is 0 Å². The number of hydrogen-bond acceptors (Lipinski definition) is 10. The van der Waals surface area contributed by atoms with E-state index in [0.717, 1.165) is 25.3 Å². The maximum Gasteiger partial charge on any atom is 0.445 e. The van der Waals surface area contributed by atoms with Crippen LogP contribution in [0.25, 0.3) is 0 Å². The van der Waals surface area contributed by atoms with E-state index in [-0.39, 0.29) is 9.46 Å². The summed E-state index contributed by atoms with van der Waals surface area (Å²) in [7, 11) is 0. The van der Waals surface area contributed by atoms with Gasteiger partial charge in [0.1, 0.15) is 0 Å². The summed E-state index contributed by atoms with van der Waals surface area (Å²) >= 11 is 0. The SMILES string of the molecule is O=C(/C=C/C(=O)Oc1ncnc[n+]1[O-])Oc1ncnc[n+]1[O-]. The number of rotatable bonds is 4.